The minimum atomic E-state index is -0.124. The lowest BCUT2D eigenvalue weighted by Gasteiger charge is -2.27. The summed E-state index contributed by atoms with van der Waals surface area (Å²) in [6.07, 6.45) is 3.94. The molecule has 0 spiro atoms. The standard InChI is InChI=1S/C18H28N6OS/c1-11(10-24-14(4)12(2)13(3)21-24)17(25)23-9-7-8-15(23)16-19-20-18(26-6)22(16)5/h11,15H,7-10H2,1-6H3. The Morgan fingerprint density at radius 3 is 2.62 bits per heavy atom. The second-order valence-electron chi connectivity index (χ2n) is 7.17. The summed E-state index contributed by atoms with van der Waals surface area (Å²) >= 11 is 1.57. The van der Waals surface area contributed by atoms with Crippen molar-refractivity contribution in [3.05, 3.63) is 22.8 Å². The Balaban J connectivity index is 1.77. The third-order valence-corrected chi connectivity index (χ3v) is 6.22. The van der Waals surface area contributed by atoms with E-state index in [1.807, 2.05) is 41.3 Å². The van der Waals surface area contributed by atoms with Crippen molar-refractivity contribution in [1.82, 2.24) is 29.4 Å². The molecule has 2 aromatic rings. The van der Waals surface area contributed by atoms with E-state index in [0.717, 1.165) is 41.8 Å². The molecule has 142 valence electrons. The minimum absolute atomic E-state index is 0.0190. The van der Waals surface area contributed by atoms with Gasteiger partial charge in [0, 0.05) is 19.3 Å². The summed E-state index contributed by atoms with van der Waals surface area (Å²) in [4.78, 5) is 15.1. The topological polar surface area (TPSA) is 68.8 Å². The zero-order valence-corrected chi connectivity index (χ0v) is 17.3. The van der Waals surface area contributed by atoms with E-state index in [2.05, 4.69) is 29.1 Å². The fraction of sp³-hybridized carbons (Fsp3) is 0.667. The van der Waals surface area contributed by atoms with Crippen molar-refractivity contribution in [2.45, 2.75) is 58.3 Å². The SMILES string of the molecule is CSc1nnc(C2CCCN2C(=O)C(C)Cn2nc(C)c(C)c2C)n1C. The Hall–Kier alpha value is -1.83. The molecule has 26 heavy (non-hydrogen) atoms. The summed E-state index contributed by atoms with van der Waals surface area (Å²) in [6, 6.07) is 0.0190. The molecule has 1 amide bonds. The number of aromatic nitrogens is 5. The largest absolute Gasteiger partial charge is 0.332 e. The number of carbonyl (C=O) groups is 1. The van der Waals surface area contributed by atoms with Crippen molar-refractivity contribution < 1.29 is 4.79 Å². The van der Waals surface area contributed by atoms with Gasteiger partial charge in [-0.1, -0.05) is 18.7 Å². The molecule has 1 fully saturated rings. The normalized spacial score (nSPS) is 18.5. The van der Waals surface area contributed by atoms with Crippen LogP contribution < -0.4 is 0 Å². The molecule has 7 nitrogen and oxygen atoms in total. The number of rotatable bonds is 5. The molecule has 0 N–H and O–H groups in total. The molecule has 0 aliphatic carbocycles. The number of amides is 1. The highest BCUT2D eigenvalue weighted by Gasteiger charge is 2.35. The molecule has 1 aliphatic rings. The van der Waals surface area contributed by atoms with Crippen LogP contribution in [0, 0.1) is 26.7 Å². The van der Waals surface area contributed by atoms with Crippen molar-refractivity contribution in [3.63, 3.8) is 0 Å². The lowest BCUT2D eigenvalue weighted by molar-refractivity contribution is -0.136. The minimum Gasteiger partial charge on any atom is -0.332 e. The van der Waals surface area contributed by atoms with E-state index in [0.29, 0.717) is 6.54 Å². The van der Waals surface area contributed by atoms with E-state index in [9.17, 15) is 4.79 Å². The highest BCUT2D eigenvalue weighted by atomic mass is 32.2. The van der Waals surface area contributed by atoms with E-state index >= 15 is 0 Å². The molecular formula is C18H28N6OS. The summed E-state index contributed by atoms with van der Waals surface area (Å²) < 4.78 is 3.97. The lowest BCUT2D eigenvalue weighted by atomic mass is 10.1. The van der Waals surface area contributed by atoms with Crippen LogP contribution in [0.2, 0.25) is 0 Å². The van der Waals surface area contributed by atoms with Crippen molar-refractivity contribution in [3.8, 4) is 0 Å². The summed E-state index contributed by atoms with van der Waals surface area (Å²) in [5, 5.41) is 14.0. The average Bonchev–Trinajstić information content (AvgIpc) is 3.29. The predicted molar refractivity (Wildman–Crippen MR) is 102 cm³/mol. The molecule has 8 heteroatoms. The van der Waals surface area contributed by atoms with Crippen LogP contribution in [0.5, 0.6) is 0 Å². The number of carbonyl (C=O) groups excluding carboxylic acids is 1. The number of hydrogen-bond donors (Lipinski definition) is 0. The zero-order valence-electron chi connectivity index (χ0n) is 16.5. The van der Waals surface area contributed by atoms with Crippen molar-refractivity contribution >= 4 is 17.7 Å². The van der Waals surface area contributed by atoms with Gasteiger partial charge in [-0.15, -0.1) is 10.2 Å². The summed E-state index contributed by atoms with van der Waals surface area (Å²) in [5.41, 5.74) is 3.37. The van der Waals surface area contributed by atoms with Crippen LogP contribution in [0.4, 0.5) is 0 Å². The summed E-state index contributed by atoms with van der Waals surface area (Å²) in [6.45, 7) is 9.54. The number of aryl methyl sites for hydroxylation is 1. The number of likely N-dealkylation sites (tertiary alicyclic amines) is 1. The van der Waals surface area contributed by atoms with Crippen LogP contribution >= 0.6 is 11.8 Å². The van der Waals surface area contributed by atoms with Gasteiger partial charge in [-0.25, -0.2) is 0 Å². The molecule has 3 rings (SSSR count). The maximum absolute atomic E-state index is 13.1. The van der Waals surface area contributed by atoms with Gasteiger partial charge < -0.3 is 9.47 Å². The van der Waals surface area contributed by atoms with Gasteiger partial charge in [0.15, 0.2) is 11.0 Å². The number of nitrogens with zero attached hydrogens (tertiary/aromatic N) is 6. The van der Waals surface area contributed by atoms with E-state index < -0.39 is 0 Å². The van der Waals surface area contributed by atoms with Gasteiger partial charge in [0.2, 0.25) is 5.91 Å². The molecule has 0 bridgehead atoms. The molecular weight excluding hydrogens is 348 g/mol. The van der Waals surface area contributed by atoms with E-state index in [-0.39, 0.29) is 17.9 Å². The number of hydrogen-bond acceptors (Lipinski definition) is 5. The molecule has 1 saturated heterocycles. The smallest absolute Gasteiger partial charge is 0.227 e. The Morgan fingerprint density at radius 1 is 1.31 bits per heavy atom. The molecule has 2 unspecified atom stereocenters. The van der Waals surface area contributed by atoms with Crippen molar-refractivity contribution in [1.29, 1.82) is 0 Å². The van der Waals surface area contributed by atoms with Gasteiger partial charge in [0.05, 0.1) is 24.2 Å². The lowest BCUT2D eigenvalue weighted by Crippen LogP contribution is -2.37. The Morgan fingerprint density at radius 2 is 2.04 bits per heavy atom. The first kappa shape index (κ1) is 18.9. The van der Waals surface area contributed by atoms with Gasteiger partial charge in [-0.3, -0.25) is 9.48 Å². The van der Waals surface area contributed by atoms with Crippen molar-refractivity contribution in [2.75, 3.05) is 12.8 Å². The van der Waals surface area contributed by atoms with Gasteiger partial charge >= 0.3 is 0 Å². The van der Waals surface area contributed by atoms with Gasteiger partial charge in [-0.2, -0.15) is 5.10 Å². The molecule has 2 aromatic heterocycles. The zero-order chi connectivity index (χ0) is 19.0. The highest BCUT2D eigenvalue weighted by molar-refractivity contribution is 7.98. The van der Waals surface area contributed by atoms with E-state index in [1.165, 1.54) is 5.56 Å². The fourth-order valence-corrected chi connectivity index (χ4v) is 4.17. The van der Waals surface area contributed by atoms with E-state index in [1.54, 1.807) is 11.8 Å². The molecule has 0 saturated carbocycles. The van der Waals surface area contributed by atoms with E-state index in [4.69, 9.17) is 0 Å². The third kappa shape index (κ3) is 3.26. The van der Waals surface area contributed by atoms with Crippen LogP contribution in [0.1, 0.15) is 48.6 Å². The molecule has 2 atom stereocenters. The Labute approximate surface area is 159 Å². The fourth-order valence-electron chi connectivity index (χ4n) is 3.68. The number of thioether (sulfide) groups is 1. The third-order valence-electron chi connectivity index (χ3n) is 5.50. The molecule has 3 heterocycles. The van der Waals surface area contributed by atoms with Crippen LogP contribution in [0.15, 0.2) is 5.16 Å². The second-order valence-corrected chi connectivity index (χ2v) is 7.95. The van der Waals surface area contributed by atoms with Gasteiger partial charge in [0.1, 0.15) is 0 Å². The van der Waals surface area contributed by atoms with Gasteiger partial charge in [-0.05, 0) is 45.4 Å². The molecule has 0 radical (unpaired) electrons. The first-order chi connectivity index (χ1) is 12.3. The van der Waals surface area contributed by atoms with Crippen LogP contribution in [-0.2, 0) is 18.4 Å². The van der Waals surface area contributed by atoms with Crippen LogP contribution in [0.25, 0.3) is 0 Å². The quantitative estimate of drug-likeness (QED) is 0.751. The maximum Gasteiger partial charge on any atom is 0.227 e. The first-order valence-corrected chi connectivity index (χ1v) is 10.3. The predicted octanol–water partition coefficient (Wildman–Crippen LogP) is 2.66. The van der Waals surface area contributed by atoms with Gasteiger partial charge in [0.25, 0.3) is 0 Å². The first-order valence-electron chi connectivity index (χ1n) is 9.09. The Bertz CT molecular complexity index is 811. The summed E-state index contributed by atoms with van der Waals surface area (Å²) in [7, 11) is 1.98. The van der Waals surface area contributed by atoms with Crippen LogP contribution in [-0.4, -0.2) is 48.2 Å². The molecule has 0 aromatic carbocycles. The average molecular weight is 377 g/mol. The Kier molecular flexibility index (Phi) is 5.41. The highest BCUT2D eigenvalue weighted by Crippen LogP contribution is 2.33. The maximum atomic E-state index is 13.1. The van der Waals surface area contributed by atoms with Crippen molar-refractivity contribution in [2.24, 2.45) is 13.0 Å². The monoisotopic (exact) mass is 376 g/mol. The summed E-state index contributed by atoms with van der Waals surface area (Å²) in [5.74, 6) is 0.932. The molecule has 1 aliphatic heterocycles. The second kappa shape index (κ2) is 7.42. The van der Waals surface area contributed by atoms with Crippen LogP contribution in [0.3, 0.4) is 0 Å².